The van der Waals surface area contributed by atoms with Gasteiger partial charge in [0.05, 0.1) is 19.2 Å². The fourth-order valence-electron chi connectivity index (χ4n) is 4.46. The van der Waals surface area contributed by atoms with Crippen LogP contribution in [0.25, 0.3) is 0 Å². The number of alkyl halides is 3. The van der Waals surface area contributed by atoms with Crippen LogP contribution in [0.3, 0.4) is 0 Å². The Kier molecular flexibility index (Phi) is 10.9. The number of methoxy groups -OCH3 is 1. The van der Waals surface area contributed by atoms with E-state index in [0.717, 1.165) is 35.6 Å². The second-order valence-electron chi connectivity index (χ2n) is 10.5. The molecule has 0 aliphatic heterocycles. The third kappa shape index (κ3) is 9.03. The summed E-state index contributed by atoms with van der Waals surface area (Å²) in [4.78, 5) is 30.0. The molecule has 1 aromatic heterocycles. The Bertz CT molecular complexity index is 1290. The molecule has 0 saturated heterocycles. The molecule has 0 radical (unpaired) electrons. The predicted octanol–water partition coefficient (Wildman–Crippen LogP) is 6.88. The normalized spacial score (nSPS) is 12.2. The molecule has 0 aliphatic carbocycles. The van der Waals surface area contributed by atoms with Gasteiger partial charge in [-0.2, -0.15) is 13.2 Å². The van der Waals surface area contributed by atoms with Crippen LogP contribution in [0.2, 0.25) is 0 Å². The Labute approximate surface area is 239 Å². The maximum absolute atomic E-state index is 13.7. The van der Waals surface area contributed by atoms with E-state index >= 15 is 0 Å². The van der Waals surface area contributed by atoms with E-state index in [2.05, 4.69) is 9.88 Å². The van der Waals surface area contributed by atoms with Crippen LogP contribution in [0.15, 0.2) is 66.9 Å². The summed E-state index contributed by atoms with van der Waals surface area (Å²) in [5.74, 6) is 0.627. The molecule has 0 spiro atoms. The minimum atomic E-state index is -4.47. The minimum absolute atomic E-state index is 0.0679. The van der Waals surface area contributed by atoms with Crippen LogP contribution in [0.1, 0.15) is 50.9 Å². The molecule has 0 bridgehead atoms. The van der Waals surface area contributed by atoms with Crippen LogP contribution < -0.4 is 10.1 Å². The molecule has 3 aromatic rings. The first-order valence-electron chi connectivity index (χ1n) is 13.7. The van der Waals surface area contributed by atoms with Gasteiger partial charge in [-0.15, -0.1) is 0 Å². The molecule has 0 aliphatic rings. The van der Waals surface area contributed by atoms with Gasteiger partial charge >= 0.3 is 12.2 Å². The Morgan fingerprint density at radius 3 is 2.34 bits per heavy atom. The maximum Gasteiger partial charge on any atom is 0.416 e. The van der Waals surface area contributed by atoms with Gasteiger partial charge < -0.3 is 24.4 Å². The van der Waals surface area contributed by atoms with Crippen LogP contribution in [0, 0.1) is 5.92 Å². The van der Waals surface area contributed by atoms with Gasteiger partial charge in [0.15, 0.2) is 0 Å². The van der Waals surface area contributed by atoms with E-state index in [-0.39, 0.29) is 30.1 Å². The first-order valence-corrected chi connectivity index (χ1v) is 13.7. The number of hydrogen-bond acceptors (Lipinski definition) is 3. The zero-order valence-electron chi connectivity index (χ0n) is 24.2. The second kappa shape index (κ2) is 14.1. The van der Waals surface area contributed by atoms with Gasteiger partial charge in [-0.05, 0) is 73.4 Å². The van der Waals surface area contributed by atoms with Crippen molar-refractivity contribution in [1.29, 1.82) is 0 Å². The Balaban J connectivity index is 1.75. The third-order valence-electron chi connectivity index (χ3n) is 6.85. The molecule has 0 saturated carbocycles. The quantitative estimate of drug-likeness (QED) is 0.257. The van der Waals surface area contributed by atoms with Gasteiger partial charge in [0.25, 0.3) is 0 Å². The molecule has 0 fully saturated rings. The van der Waals surface area contributed by atoms with Gasteiger partial charge in [-0.1, -0.05) is 32.9 Å². The van der Waals surface area contributed by atoms with Gasteiger partial charge in [0, 0.05) is 36.7 Å². The summed E-state index contributed by atoms with van der Waals surface area (Å²) in [6.07, 6.45) is -1.77. The molecule has 1 unspecified atom stereocenters. The number of hydrogen-bond donors (Lipinski definition) is 1. The van der Waals surface area contributed by atoms with Gasteiger partial charge in [0.1, 0.15) is 12.3 Å². The van der Waals surface area contributed by atoms with E-state index < -0.39 is 17.8 Å². The number of carbonyl (C=O) groups excluding carboxylic acids is 2. The Morgan fingerprint density at radius 1 is 1.02 bits per heavy atom. The minimum Gasteiger partial charge on any atom is -0.497 e. The number of benzene rings is 2. The molecule has 1 atom stereocenters. The molecule has 2 aromatic carbocycles. The third-order valence-corrected chi connectivity index (χ3v) is 6.85. The van der Waals surface area contributed by atoms with Crippen molar-refractivity contribution in [3.63, 3.8) is 0 Å². The highest BCUT2D eigenvalue weighted by Crippen LogP contribution is 2.30. The number of rotatable bonds is 12. The topological polar surface area (TPSA) is 66.8 Å². The lowest BCUT2D eigenvalue weighted by atomic mass is 10.1. The summed E-state index contributed by atoms with van der Waals surface area (Å²) >= 11 is 0. The highest BCUT2D eigenvalue weighted by Gasteiger charge is 2.30. The lowest BCUT2D eigenvalue weighted by Crippen LogP contribution is -2.48. The number of anilines is 1. The van der Waals surface area contributed by atoms with Crippen molar-refractivity contribution < 1.29 is 27.5 Å². The summed E-state index contributed by atoms with van der Waals surface area (Å²) in [5, 5.41) is 2.64. The molecule has 1 N–H and O–H groups in total. The number of amides is 3. The van der Waals surface area contributed by atoms with E-state index in [4.69, 9.17) is 4.74 Å². The van der Waals surface area contributed by atoms with E-state index in [9.17, 15) is 22.8 Å². The van der Waals surface area contributed by atoms with E-state index in [1.54, 1.807) is 12.0 Å². The van der Waals surface area contributed by atoms with Crippen molar-refractivity contribution in [1.82, 2.24) is 14.4 Å². The fourth-order valence-corrected chi connectivity index (χ4v) is 4.46. The number of halogens is 3. The molecular weight excluding hydrogens is 533 g/mol. The standard InChI is InChI=1S/C31H39F3N4O3/c1-6-23(4)38(20-27-10-8-16-36(27)19-24-9-7-11-28(17-24)41-5)29(39)21-37(18-22(2)3)30(40)35-26-14-12-25(13-15-26)31(32,33)34/h7-17,22-23H,6,18-21H2,1-5H3,(H,35,40). The fraction of sp³-hybridized carbons (Fsp3) is 0.419. The molecular formula is C31H39F3N4O3. The summed E-state index contributed by atoms with van der Waals surface area (Å²) in [5.41, 5.74) is 1.43. The summed E-state index contributed by atoms with van der Waals surface area (Å²) in [6, 6.07) is 15.4. The van der Waals surface area contributed by atoms with Crippen LogP contribution in [0.4, 0.5) is 23.7 Å². The summed E-state index contributed by atoms with van der Waals surface area (Å²) in [7, 11) is 1.63. The van der Waals surface area contributed by atoms with E-state index in [1.807, 2.05) is 70.3 Å². The second-order valence-corrected chi connectivity index (χ2v) is 10.5. The van der Waals surface area contributed by atoms with Crippen molar-refractivity contribution in [2.75, 3.05) is 25.5 Å². The van der Waals surface area contributed by atoms with Crippen LogP contribution in [-0.2, 0) is 24.1 Å². The van der Waals surface area contributed by atoms with Crippen LogP contribution >= 0.6 is 0 Å². The SMILES string of the molecule is CCC(C)N(Cc1cccn1Cc1cccc(OC)c1)C(=O)CN(CC(C)C)C(=O)Nc1ccc(C(F)(F)F)cc1. The van der Waals surface area contributed by atoms with Crippen molar-refractivity contribution >= 4 is 17.6 Å². The number of nitrogens with one attached hydrogen (secondary N) is 1. The first-order chi connectivity index (χ1) is 19.4. The Morgan fingerprint density at radius 2 is 1.73 bits per heavy atom. The number of urea groups is 1. The van der Waals surface area contributed by atoms with Crippen LogP contribution in [0.5, 0.6) is 5.75 Å². The van der Waals surface area contributed by atoms with Crippen molar-refractivity contribution in [2.24, 2.45) is 5.92 Å². The van der Waals surface area contributed by atoms with Crippen LogP contribution in [-0.4, -0.2) is 52.5 Å². The van der Waals surface area contributed by atoms with E-state index in [0.29, 0.717) is 19.6 Å². The van der Waals surface area contributed by atoms with Crippen molar-refractivity contribution in [3.05, 3.63) is 83.7 Å². The lowest BCUT2D eigenvalue weighted by molar-refractivity contribution is -0.137. The number of ether oxygens (including phenoxy) is 1. The average Bonchev–Trinajstić information content (AvgIpc) is 3.36. The zero-order chi connectivity index (χ0) is 30.2. The van der Waals surface area contributed by atoms with Crippen molar-refractivity contribution in [3.8, 4) is 5.75 Å². The molecule has 7 nitrogen and oxygen atoms in total. The molecule has 1 heterocycles. The molecule has 3 rings (SSSR count). The highest BCUT2D eigenvalue weighted by molar-refractivity contribution is 5.92. The monoisotopic (exact) mass is 572 g/mol. The Hall–Kier alpha value is -3.95. The van der Waals surface area contributed by atoms with Gasteiger partial charge in [-0.25, -0.2) is 4.79 Å². The summed E-state index contributed by atoms with van der Waals surface area (Å²) in [6.45, 7) is 8.95. The highest BCUT2D eigenvalue weighted by atomic mass is 19.4. The predicted molar refractivity (Wildman–Crippen MR) is 154 cm³/mol. The molecule has 41 heavy (non-hydrogen) atoms. The zero-order valence-corrected chi connectivity index (χ0v) is 24.2. The lowest BCUT2D eigenvalue weighted by Gasteiger charge is -2.32. The average molecular weight is 573 g/mol. The van der Waals surface area contributed by atoms with Crippen molar-refractivity contribution in [2.45, 2.75) is 59.4 Å². The molecule has 222 valence electrons. The van der Waals surface area contributed by atoms with Gasteiger partial charge in [0.2, 0.25) is 5.91 Å². The maximum atomic E-state index is 13.7. The van der Waals surface area contributed by atoms with Gasteiger partial charge in [-0.3, -0.25) is 4.79 Å². The number of nitrogens with zero attached hydrogens (tertiary/aromatic N) is 3. The largest absolute Gasteiger partial charge is 0.497 e. The number of carbonyl (C=O) groups is 2. The molecule has 10 heteroatoms. The van der Waals surface area contributed by atoms with E-state index in [1.165, 1.54) is 17.0 Å². The number of aromatic nitrogens is 1. The molecule has 3 amide bonds. The smallest absolute Gasteiger partial charge is 0.416 e. The first kappa shape index (κ1) is 31.6. The summed E-state index contributed by atoms with van der Waals surface area (Å²) < 4.78 is 46.2.